The Bertz CT molecular complexity index is 357. The third kappa shape index (κ3) is 3.49. The molecule has 94 valence electrons. The lowest BCUT2D eigenvalue weighted by molar-refractivity contribution is 0.662. The highest BCUT2D eigenvalue weighted by Crippen LogP contribution is 2.26. The van der Waals surface area contributed by atoms with Gasteiger partial charge in [0.1, 0.15) is 0 Å². The predicted octanol–water partition coefficient (Wildman–Crippen LogP) is 4.56. The normalized spacial score (nSPS) is 18.6. The van der Waals surface area contributed by atoms with Crippen molar-refractivity contribution in [3.8, 4) is 0 Å². The highest BCUT2D eigenvalue weighted by Gasteiger charge is 2.13. The Hall–Kier alpha value is -0.980. The van der Waals surface area contributed by atoms with Gasteiger partial charge >= 0.3 is 0 Å². The molecule has 1 aliphatic heterocycles. The van der Waals surface area contributed by atoms with Gasteiger partial charge in [0.25, 0.3) is 0 Å². The van der Waals surface area contributed by atoms with Crippen molar-refractivity contribution < 1.29 is 0 Å². The number of anilines is 1. The zero-order valence-corrected chi connectivity index (χ0v) is 11.3. The van der Waals surface area contributed by atoms with E-state index < -0.39 is 0 Å². The second-order valence-corrected chi connectivity index (χ2v) is 5.39. The first kappa shape index (κ1) is 12.5. The van der Waals surface area contributed by atoms with Crippen molar-refractivity contribution in [1.82, 2.24) is 0 Å². The van der Waals surface area contributed by atoms with Gasteiger partial charge in [-0.2, -0.15) is 0 Å². The summed E-state index contributed by atoms with van der Waals surface area (Å²) in [6, 6.07) is 7.63. The van der Waals surface area contributed by atoms with E-state index in [0.717, 1.165) is 0 Å². The molecule has 17 heavy (non-hydrogen) atoms. The highest BCUT2D eigenvalue weighted by molar-refractivity contribution is 5.55. The second-order valence-electron chi connectivity index (χ2n) is 5.39. The minimum Gasteiger partial charge on any atom is -0.382 e. The van der Waals surface area contributed by atoms with Crippen LogP contribution in [0.1, 0.15) is 57.1 Å². The van der Waals surface area contributed by atoms with Gasteiger partial charge in [0.15, 0.2) is 0 Å². The van der Waals surface area contributed by atoms with Crippen LogP contribution in [-0.4, -0.2) is 6.04 Å². The second kappa shape index (κ2) is 6.09. The Labute approximate surface area is 106 Å². The summed E-state index contributed by atoms with van der Waals surface area (Å²) >= 11 is 0. The lowest BCUT2D eigenvalue weighted by Gasteiger charge is -2.24. The Morgan fingerprint density at radius 1 is 1.24 bits per heavy atom. The van der Waals surface area contributed by atoms with Crippen LogP contribution >= 0.6 is 0 Å². The van der Waals surface area contributed by atoms with Crippen LogP contribution in [0.25, 0.3) is 0 Å². The third-order valence-corrected chi connectivity index (χ3v) is 3.74. The molecule has 0 saturated carbocycles. The lowest BCUT2D eigenvalue weighted by atomic mass is 9.95. The van der Waals surface area contributed by atoms with Crippen molar-refractivity contribution in [2.24, 2.45) is 0 Å². The van der Waals surface area contributed by atoms with Crippen LogP contribution in [-0.2, 0) is 12.8 Å². The van der Waals surface area contributed by atoms with Gasteiger partial charge in [-0.05, 0) is 49.8 Å². The van der Waals surface area contributed by atoms with Crippen molar-refractivity contribution in [2.45, 2.75) is 64.8 Å². The van der Waals surface area contributed by atoms with Crippen LogP contribution < -0.4 is 5.32 Å². The molecule has 0 saturated heterocycles. The number of fused-ring (bicyclic) bond motifs is 1. The molecule has 0 aromatic heterocycles. The molecule has 0 fully saturated rings. The topological polar surface area (TPSA) is 12.0 Å². The van der Waals surface area contributed by atoms with Gasteiger partial charge in [0.2, 0.25) is 0 Å². The highest BCUT2D eigenvalue weighted by atomic mass is 14.9. The summed E-state index contributed by atoms with van der Waals surface area (Å²) in [5, 5.41) is 3.56. The van der Waals surface area contributed by atoms with Crippen LogP contribution in [0.2, 0.25) is 0 Å². The summed E-state index contributed by atoms with van der Waals surface area (Å²) in [5.74, 6) is 0. The zero-order valence-electron chi connectivity index (χ0n) is 11.3. The van der Waals surface area contributed by atoms with Gasteiger partial charge in [-0.1, -0.05) is 38.3 Å². The van der Waals surface area contributed by atoms with Crippen LogP contribution in [0.4, 0.5) is 5.69 Å². The molecule has 1 nitrogen and oxygen atoms in total. The van der Waals surface area contributed by atoms with E-state index in [2.05, 4.69) is 37.4 Å². The largest absolute Gasteiger partial charge is 0.382 e. The van der Waals surface area contributed by atoms with Gasteiger partial charge < -0.3 is 5.32 Å². The molecule has 1 aliphatic rings. The Morgan fingerprint density at radius 2 is 2.12 bits per heavy atom. The average molecular weight is 231 g/mol. The number of unbranched alkanes of at least 4 members (excludes halogenated alkanes) is 3. The summed E-state index contributed by atoms with van der Waals surface area (Å²) in [6.07, 6.45) is 9.19. The van der Waals surface area contributed by atoms with E-state index in [1.165, 1.54) is 61.8 Å². The quantitative estimate of drug-likeness (QED) is 0.733. The smallest absolute Gasteiger partial charge is 0.0374 e. The molecule has 1 N–H and O–H groups in total. The number of aryl methyl sites for hydroxylation is 2. The average Bonchev–Trinajstić information content (AvgIpc) is 2.35. The summed E-state index contributed by atoms with van der Waals surface area (Å²) in [7, 11) is 0. The number of rotatable bonds is 5. The molecule has 0 bridgehead atoms. The minimum absolute atomic E-state index is 0.637. The summed E-state index contributed by atoms with van der Waals surface area (Å²) in [6.45, 7) is 4.54. The Kier molecular flexibility index (Phi) is 4.47. The maximum absolute atomic E-state index is 3.56. The molecule has 1 unspecified atom stereocenters. The first-order valence-corrected chi connectivity index (χ1v) is 7.18. The summed E-state index contributed by atoms with van der Waals surface area (Å²) in [4.78, 5) is 0. The summed E-state index contributed by atoms with van der Waals surface area (Å²) < 4.78 is 0. The zero-order chi connectivity index (χ0) is 12.1. The van der Waals surface area contributed by atoms with Gasteiger partial charge in [-0.25, -0.2) is 0 Å². The molecule has 1 aromatic carbocycles. The molecule has 1 aromatic rings. The maximum Gasteiger partial charge on any atom is 0.0374 e. The van der Waals surface area contributed by atoms with E-state index in [-0.39, 0.29) is 0 Å². The van der Waals surface area contributed by atoms with Gasteiger partial charge in [-0.3, -0.25) is 0 Å². The molecule has 0 aliphatic carbocycles. The van der Waals surface area contributed by atoms with Crippen molar-refractivity contribution >= 4 is 5.69 Å². The monoisotopic (exact) mass is 231 g/mol. The van der Waals surface area contributed by atoms with E-state index in [1.54, 1.807) is 0 Å². The molecule has 1 heteroatoms. The number of hydrogen-bond donors (Lipinski definition) is 1. The van der Waals surface area contributed by atoms with Crippen LogP contribution in [0.5, 0.6) is 0 Å². The first-order valence-electron chi connectivity index (χ1n) is 7.18. The van der Waals surface area contributed by atoms with Crippen molar-refractivity contribution in [2.75, 3.05) is 5.32 Å². The first-order chi connectivity index (χ1) is 8.29. The molecule has 0 radical (unpaired) electrons. The molecule has 0 spiro atoms. The van der Waals surface area contributed by atoms with E-state index >= 15 is 0 Å². The van der Waals surface area contributed by atoms with Crippen molar-refractivity contribution in [3.05, 3.63) is 29.3 Å². The lowest BCUT2D eigenvalue weighted by Crippen LogP contribution is -2.21. The van der Waals surface area contributed by atoms with E-state index in [1.807, 2.05) is 0 Å². The molecular weight excluding hydrogens is 206 g/mol. The Balaban J connectivity index is 1.92. The number of nitrogens with one attached hydrogen (secondary N) is 1. The van der Waals surface area contributed by atoms with Gasteiger partial charge in [0.05, 0.1) is 0 Å². The van der Waals surface area contributed by atoms with Gasteiger partial charge in [0, 0.05) is 11.7 Å². The number of benzene rings is 1. The maximum atomic E-state index is 3.56. The number of hydrogen-bond acceptors (Lipinski definition) is 1. The minimum atomic E-state index is 0.637. The standard InChI is InChI=1S/C16H25N/c1-3-4-5-6-7-14-9-11-16-15(12-14)10-8-13(2)17-16/h9,11-13,17H,3-8,10H2,1-2H3. The van der Waals surface area contributed by atoms with Gasteiger partial charge in [-0.15, -0.1) is 0 Å². The molecule has 2 rings (SSSR count). The van der Waals surface area contributed by atoms with E-state index in [4.69, 9.17) is 0 Å². The van der Waals surface area contributed by atoms with Crippen molar-refractivity contribution in [3.63, 3.8) is 0 Å². The molecule has 0 amide bonds. The van der Waals surface area contributed by atoms with Crippen LogP contribution in [0.3, 0.4) is 0 Å². The SMILES string of the molecule is CCCCCCc1ccc2c(c1)CCC(C)N2. The van der Waals surface area contributed by atoms with Crippen molar-refractivity contribution in [1.29, 1.82) is 0 Å². The van der Waals surface area contributed by atoms with E-state index in [0.29, 0.717) is 6.04 Å². The molecule has 1 heterocycles. The summed E-state index contributed by atoms with van der Waals surface area (Å²) in [5.41, 5.74) is 4.41. The van der Waals surface area contributed by atoms with Crippen LogP contribution in [0, 0.1) is 0 Å². The fourth-order valence-electron chi connectivity index (χ4n) is 2.62. The third-order valence-electron chi connectivity index (χ3n) is 3.74. The fourth-order valence-corrected chi connectivity index (χ4v) is 2.62. The fraction of sp³-hybridized carbons (Fsp3) is 0.625. The Morgan fingerprint density at radius 3 is 2.94 bits per heavy atom. The van der Waals surface area contributed by atoms with E-state index in [9.17, 15) is 0 Å². The molecule has 1 atom stereocenters. The molecular formula is C16H25N. The predicted molar refractivity (Wildman–Crippen MR) is 75.7 cm³/mol. The van der Waals surface area contributed by atoms with Crippen LogP contribution in [0.15, 0.2) is 18.2 Å².